The fourth-order valence-electron chi connectivity index (χ4n) is 2.55. The molecule has 100 valence electrons. The lowest BCUT2D eigenvalue weighted by Crippen LogP contribution is -2.01. The van der Waals surface area contributed by atoms with E-state index in [1.54, 1.807) is 35.0 Å². The number of nitrogens with zero attached hydrogens (tertiary/aromatic N) is 2. The van der Waals surface area contributed by atoms with Crippen molar-refractivity contribution < 1.29 is 9.59 Å². The van der Waals surface area contributed by atoms with Gasteiger partial charge in [0.05, 0.1) is 11.3 Å². The zero-order valence-electron chi connectivity index (χ0n) is 11.6. The second-order valence-electron chi connectivity index (χ2n) is 4.97. The SMILES string of the molecule is Cc1nn(C)c(C)c1C=C1C(=O)c2ccccc2C1=O. The quantitative estimate of drug-likeness (QED) is 0.588. The van der Waals surface area contributed by atoms with Crippen LogP contribution in [0.5, 0.6) is 0 Å². The molecule has 0 saturated carbocycles. The summed E-state index contributed by atoms with van der Waals surface area (Å²) in [7, 11) is 1.84. The molecule has 1 aromatic heterocycles. The minimum absolute atomic E-state index is 0.201. The maximum Gasteiger partial charge on any atom is 0.197 e. The highest BCUT2D eigenvalue weighted by molar-refractivity contribution is 6.41. The molecule has 0 aliphatic heterocycles. The molecule has 0 saturated heterocycles. The first-order chi connectivity index (χ1) is 9.50. The van der Waals surface area contributed by atoms with Crippen molar-refractivity contribution in [3.63, 3.8) is 0 Å². The van der Waals surface area contributed by atoms with Gasteiger partial charge in [0, 0.05) is 29.4 Å². The summed E-state index contributed by atoms with van der Waals surface area (Å²) in [5, 5.41) is 4.30. The van der Waals surface area contributed by atoms with Crippen molar-refractivity contribution in [3.05, 3.63) is 57.9 Å². The Morgan fingerprint density at radius 1 is 1.05 bits per heavy atom. The van der Waals surface area contributed by atoms with Crippen molar-refractivity contribution in [2.45, 2.75) is 13.8 Å². The molecule has 4 heteroatoms. The molecule has 0 spiro atoms. The first-order valence-corrected chi connectivity index (χ1v) is 6.41. The maximum atomic E-state index is 12.3. The number of benzene rings is 1. The second kappa shape index (κ2) is 4.27. The van der Waals surface area contributed by atoms with Crippen LogP contribution in [0.4, 0.5) is 0 Å². The van der Waals surface area contributed by atoms with Crippen LogP contribution in [0.1, 0.15) is 37.7 Å². The van der Waals surface area contributed by atoms with Gasteiger partial charge in [-0.15, -0.1) is 0 Å². The summed E-state index contributed by atoms with van der Waals surface area (Å²) >= 11 is 0. The molecule has 0 unspecified atom stereocenters. The Balaban J connectivity index is 2.16. The molecule has 3 rings (SSSR count). The van der Waals surface area contributed by atoms with E-state index >= 15 is 0 Å². The van der Waals surface area contributed by atoms with E-state index in [1.165, 1.54) is 0 Å². The largest absolute Gasteiger partial charge is 0.288 e. The van der Waals surface area contributed by atoms with Crippen LogP contribution in [0.15, 0.2) is 29.8 Å². The normalized spacial score (nSPS) is 13.8. The Morgan fingerprint density at radius 2 is 1.60 bits per heavy atom. The Morgan fingerprint density at radius 3 is 2.05 bits per heavy atom. The highest BCUT2D eigenvalue weighted by Crippen LogP contribution is 2.28. The van der Waals surface area contributed by atoms with Crippen LogP contribution >= 0.6 is 0 Å². The number of fused-ring (bicyclic) bond motifs is 1. The lowest BCUT2D eigenvalue weighted by Gasteiger charge is -1.97. The predicted octanol–water partition coefficient (Wildman–Crippen LogP) is 2.50. The molecular weight excluding hydrogens is 252 g/mol. The summed E-state index contributed by atoms with van der Waals surface area (Å²) in [4.78, 5) is 24.6. The molecule has 1 aromatic carbocycles. The van der Waals surface area contributed by atoms with E-state index in [0.29, 0.717) is 11.1 Å². The summed E-state index contributed by atoms with van der Waals surface area (Å²) in [6.45, 7) is 3.79. The van der Waals surface area contributed by atoms with Gasteiger partial charge < -0.3 is 0 Å². The average Bonchev–Trinajstić information content (AvgIpc) is 2.82. The van der Waals surface area contributed by atoms with Crippen molar-refractivity contribution in [3.8, 4) is 0 Å². The topological polar surface area (TPSA) is 52.0 Å². The zero-order chi connectivity index (χ0) is 14.4. The molecule has 0 fully saturated rings. The fraction of sp³-hybridized carbons (Fsp3) is 0.188. The smallest absolute Gasteiger partial charge is 0.197 e. The Bertz CT molecular complexity index is 745. The van der Waals surface area contributed by atoms with E-state index in [4.69, 9.17) is 0 Å². The van der Waals surface area contributed by atoms with E-state index in [0.717, 1.165) is 17.0 Å². The number of hydrogen-bond acceptors (Lipinski definition) is 3. The fourth-order valence-corrected chi connectivity index (χ4v) is 2.55. The summed E-state index contributed by atoms with van der Waals surface area (Å²) < 4.78 is 1.75. The monoisotopic (exact) mass is 266 g/mol. The number of Topliss-reactive ketones (excluding diaryl/α,β-unsaturated/α-hetero) is 2. The number of ketones is 2. The molecule has 1 aliphatic carbocycles. The number of aromatic nitrogens is 2. The number of allylic oxidation sites excluding steroid dienone is 1. The third-order valence-electron chi connectivity index (χ3n) is 3.76. The molecule has 0 bridgehead atoms. The van der Waals surface area contributed by atoms with Crippen LogP contribution in [0, 0.1) is 13.8 Å². The highest BCUT2D eigenvalue weighted by Gasteiger charge is 2.32. The number of aryl methyl sites for hydroxylation is 2. The van der Waals surface area contributed by atoms with Gasteiger partial charge in [-0.2, -0.15) is 5.10 Å². The highest BCUT2D eigenvalue weighted by atomic mass is 16.2. The number of hydrogen-bond donors (Lipinski definition) is 0. The Hall–Kier alpha value is -2.49. The van der Waals surface area contributed by atoms with E-state index in [9.17, 15) is 9.59 Å². The van der Waals surface area contributed by atoms with Gasteiger partial charge in [-0.3, -0.25) is 14.3 Å². The minimum atomic E-state index is -0.201. The van der Waals surface area contributed by atoms with E-state index in [2.05, 4.69) is 5.10 Å². The van der Waals surface area contributed by atoms with Crippen LogP contribution in [0.25, 0.3) is 6.08 Å². The average molecular weight is 266 g/mol. The molecule has 1 heterocycles. The first kappa shape index (κ1) is 12.5. The lowest BCUT2D eigenvalue weighted by molar-refractivity contribution is 0.0990. The van der Waals surface area contributed by atoms with E-state index in [-0.39, 0.29) is 17.1 Å². The van der Waals surface area contributed by atoms with Crippen LogP contribution < -0.4 is 0 Å². The minimum Gasteiger partial charge on any atom is -0.288 e. The van der Waals surface area contributed by atoms with Crippen molar-refractivity contribution in [1.82, 2.24) is 9.78 Å². The summed E-state index contributed by atoms with van der Waals surface area (Å²) in [5.41, 5.74) is 3.80. The molecule has 0 atom stereocenters. The van der Waals surface area contributed by atoms with E-state index in [1.807, 2.05) is 20.9 Å². The molecule has 0 N–H and O–H groups in total. The van der Waals surface area contributed by atoms with Gasteiger partial charge in [-0.05, 0) is 19.9 Å². The zero-order valence-corrected chi connectivity index (χ0v) is 11.6. The molecule has 20 heavy (non-hydrogen) atoms. The van der Waals surface area contributed by atoms with Gasteiger partial charge in [-0.25, -0.2) is 0 Å². The third kappa shape index (κ3) is 1.65. The van der Waals surface area contributed by atoms with Gasteiger partial charge in [0.1, 0.15) is 0 Å². The maximum absolute atomic E-state index is 12.3. The molecule has 0 radical (unpaired) electrons. The van der Waals surface area contributed by atoms with Crippen molar-refractivity contribution >= 4 is 17.6 Å². The molecule has 2 aromatic rings. The lowest BCUT2D eigenvalue weighted by atomic mass is 10.1. The second-order valence-corrected chi connectivity index (χ2v) is 4.97. The third-order valence-corrected chi connectivity index (χ3v) is 3.76. The molecule has 0 amide bonds. The number of carbonyl (C=O) groups excluding carboxylic acids is 2. The van der Waals surface area contributed by atoms with Crippen LogP contribution in [0.2, 0.25) is 0 Å². The Labute approximate surface area is 116 Å². The van der Waals surface area contributed by atoms with Gasteiger partial charge in [-0.1, -0.05) is 24.3 Å². The van der Waals surface area contributed by atoms with Gasteiger partial charge in [0.25, 0.3) is 0 Å². The van der Waals surface area contributed by atoms with Gasteiger partial charge >= 0.3 is 0 Å². The summed E-state index contributed by atoms with van der Waals surface area (Å²) in [6, 6.07) is 6.93. The molecule has 1 aliphatic rings. The standard InChI is InChI=1S/C16H14N2O2/c1-9-13(10(2)18(3)17-9)8-14-15(19)11-6-4-5-7-12(11)16(14)20/h4-8H,1-3H3. The van der Waals surface area contributed by atoms with Gasteiger partial charge in [0.2, 0.25) is 0 Å². The van der Waals surface area contributed by atoms with Crippen molar-refractivity contribution in [1.29, 1.82) is 0 Å². The number of carbonyl (C=O) groups is 2. The van der Waals surface area contributed by atoms with Crippen LogP contribution in [0.3, 0.4) is 0 Å². The van der Waals surface area contributed by atoms with E-state index < -0.39 is 0 Å². The van der Waals surface area contributed by atoms with Crippen molar-refractivity contribution in [2.24, 2.45) is 7.05 Å². The Kier molecular flexibility index (Phi) is 2.67. The van der Waals surface area contributed by atoms with Gasteiger partial charge in [0.15, 0.2) is 11.6 Å². The molecular formula is C16H14N2O2. The van der Waals surface area contributed by atoms with Crippen LogP contribution in [-0.2, 0) is 7.05 Å². The molecule has 4 nitrogen and oxygen atoms in total. The number of rotatable bonds is 1. The predicted molar refractivity (Wildman–Crippen MR) is 75.8 cm³/mol. The first-order valence-electron chi connectivity index (χ1n) is 6.41. The summed E-state index contributed by atoms with van der Waals surface area (Å²) in [5.74, 6) is -0.401. The van der Waals surface area contributed by atoms with Crippen molar-refractivity contribution in [2.75, 3.05) is 0 Å². The van der Waals surface area contributed by atoms with Crippen LogP contribution in [-0.4, -0.2) is 21.3 Å². The summed E-state index contributed by atoms with van der Waals surface area (Å²) in [6.07, 6.45) is 1.67.